The maximum absolute atomic E-state index is 9.85. The van der Waals surface area contributed by atoms with E-state index >= 15 is 0 Å². The average Bonchev–Trinajstić information content (AvgIpc) is 2.89. The summed E-state index contributed by atoms with van der Waals surface area (Å²) >= 11 is 1.71. The van der Waals surface area contributed by atoms with Crippen LogP contribution in [0.3, 0.4) is 0 Å². The number of β-amino-alcohol motifs (C(OH)–C–C–N with tert-alkyl or cyclic N) is 1. The number of nitrogens with zero attached hydrogens (tertiary/aromatic N) is 1. The van der Waals surface area contributed by atoms with Crippen LogP contribution in [0.1, 0.15) is 11.3 Å². The molecule has 2 rings (SSSR count). The molecule has 0 amide bonds. The second-order valence-corrected chi connectivity index (χ2v) is 6.01. The van der Waals surface area contributed by atoms with Crippen molar-refractivity contribution < 1.29 is 20.4 Å². The van der Waals surface area contributed by atoms with Crippen LogP contribution in [-0.2, 0) is 6.42 Å². The van der Waals surface area contributed by atoms with E-state index in [0.717, 1.165) is 12.8 Å². The number of thiophene rings is 1. The Morgan fingerprint density at radius 3 is 2.68 bits per heavy atom. The number of aliphatic hydroxyl groups is 4. The van der Waals surface area contributed by atoms with Gasteiger partial charge in [-0.2, -0.15) is 0 Å². The van der Waals surface area contributed by atoms with Crippen LogP contribution in [-0.4, -0.2) is 69.4 Å². The fourth-order valence-electron chi connectivity index (χ4n) is 2.55. The number of rotatable bonds is 5. The van der Waals surface area contributed by atoms with Gasteiger partial charge in [-0.25, -0.2) is 0 Å². The molecule has 2 heterocycles. The average molecular weight is 287 g/mol. The molecule has 1 aromatic heterocycles. The van der Waals surface area contributed by atoms with Crippen molar-refractivity contribution in [2.75, 3.05) is 19.7 Å². The van der Waals surface area contributed by atoms with E-state index in [1.54, 1.807) is 11.3 Å². The molecule has 1 aromatic rings. The van der Waals surface area contributed by atoms with Gasteiger partial charge in [-0.1, -0.05) is 6.07 Å². The van der Waals surface area contributed by atoms with Gasteiger partial charge in [0.15, 0.2) is 0 Å². The summed E-state index contributed by atoms with van der Waals surface area (Å²) in [6, 6.07) is 3.60. The van der Waals surface area contributed by atoms with Gasteiger partial charge in [0, 0.05) is 11.4 Å². The highest BCUT2D eigenvalue weighted by Gasteiger charge is 2.40. The molecule has 4 N–H and O–H groups in total. The summed E-state index contributed by atoms with van der Waals surface area (Å²) in [7, 11) is 0. The molecule has 0 aromatic carbocycles. The molecule has 0 saturated carbocycles. The zero-order valence-electron chi connectivity index (χ0n) is 10.7. The zero-order chi connectivity index (χ0) is 13.8. The van der Waals surface area contributed by atoms with E-state index in [4.69, 9.17) is 0 Å². The SMILES string of the molecule is OC[C@@H]1[C@@H](O)[C@H](O)[C@@H](O)CN1CCCc1cccs1. The second-order valence-electron chi connectivity index (χ2n) is 4.98. The van der Waals surface area contributed by atoms with E-state index in [-0.39, 0.29) is 13.2 Å². The minimum absolute atomic E-state index is 0.218. The molecule has 1 fully saturated rings. The van der Waals surface area contributed by atoms with Crippen LogP contribution in [0.2, 0.25) is 0 Å². The van der Waals surface area contributed by atoms with Gasteiger partial charge in [0.25, 0.3) is 0 Å². The molecule has 5 nitrogen and oxygen atoms in total. The first kappa shape index (κ1) is 14.9. The number of hydrogen-bond donors (Lipinski definition) is 4. The van der Waals surface area contributed by atoms with Gasteiger partial charge >= 0.3 is 0 Å². The monoisotopic (exact) mass is 287 g/mol. The molecule has 0 aliphatic carbocycles. The normalized spacial score (nSPS) is 32.6. The standard InChI is InChI=1S/C13H21NO4S/c15-8-10-12(17)13(18)11(16)7-14(10)5-1-3-9-4-2-6-19-9/h2,4,6,10-13,15-18H,1,3,5,7-8H2/t10-,11+,12-,13-/m1/s1. The predicted molar refractivity (Wildman–Crippen MR) is 73.1 cm³/mol. The molecule has 1 aliphatic heterocycles. The van der Waals surface area contributed by atoms with E-state index in [0.29, 0.717) is 6.54 Å². The van der Waals surface area contributed by atoms with Gasteiger partial charge in [-0.3, -0.25) is 4.90 Å². The van der Waals surface area contributed by atoms with Crippen molar-refractivity contribution in [1.29, 1.82) is 0 Å². The summed E-state index contributed by atoms with van der Waals surface area (Å²) in [5, 5.41) is 40.5. The van der Waals surface area contributed by atoms with E-state index < -0.39 is 24.4 Å². The number of hydrogen-bond acceptors (Lipinski definition) is 6. The van der Waals surface area contributed by atoms with Gasteiger partial charge in [0.1, 0.15) is 12.2 Å². The van der Waals surface area contributed by atoms with Crippen molar-refractivity contribution in [3.8, 4) is 0 Å². The Labute approximate surface area is 116 Å². The third-order valence-corrected chi connectivity index (χ3v) is 4.60. The Hall–Kier alpha value is -0.500. The predicted octanol–water partition coefficient (Wildman–Crippen LogP) is -0.560. The van der Waals surface area contributed by atoms with Gasteiger partial charge in [-0.15, -0.1) is 11.3 Å². The van der Waals surface area contributed by atoms with Crippen molar-refractivity contribution in [2.24, 2.45) is 0 Å². The van der Waals surface area contributed by atoms with Crippen molar-refractivity contribution in [3.63, 3.8) is 0 Å². The van der Waals surface area contributed by atoms with Crippen LogP contribution < -0.4 is 0 Å². The van der Waals surface area contributed by atoms with E-state index in [2.05, 4.69) is 6.07 Å². The highest BCUT2D eigenvalue weighted by molar-refractivity contribution is 7.09. The Morgan fingerprint density at radius 2 is 2.05 bits per heavy atom. The molecule has 6 heteroatoms. The number of aryl methyl sites for hydroxylation is 1. The summed E-state index contributed by atoms with van der Waals surface area (Å²) in [4.78, 5) is 3.16. The van der Waals surface area contributed by atoms with Crippen LogP contribution >= 0.6 is 11.3 Å². The Balaban J connectivity index is 1.87. The van der Waals surface area contributed by atoms with Crippen LogP contribution in [0.4, 0.5) is 0 Å². The van der Waals surface area contributed by atoms with Gasteiger partial charge in [0.2, 0.25) is 0 Å². The zero-order valence-corrected chi connectivity index (χ0v) is 11.5. The lowest BCUT2D eigenvalue weighted by Crippen LogP contribution is -2.62. The van der Waals surface area contributed by atoms with Gasteiger partial charge < -0.3 is 20.4 Å². The topological polar surface area (TPSA) is 84.2 Å². The maximum Gasteiger partial charge on any atom is 0.109 e. The lowest BCUT2D eigenvalue weighted by Gasteiger charge is -2.43. The molecule has 0 unspecified atom stereocenters. The number of aliphatic hydroxyl groups excluding tert-OH is 4. The summed E-state index contributed by atoms with van der Waals surface area (Å²) in [5.74, 6) is 0. The highest BCUT2D eigenvalue weighted by atomic mass is 32.1. The fraction of sp³-hybridized carbons (Fsp3) is 0.692. The van der Waals surface area contributed by atoms with E-state index in [1.807, 2.05) is 16.3 Å². The molecular weight excluding hydrogens is 266 g/mol. The third-order valence-electron chi connectivity index (χ3n) is 3.66. The summed E-state index contributed by atoms with van der Waals surface area (Å²) < 4.78 is 0. The Kier molecular flexibility index (Phi) is 5.32. The van der Waals surface area contributed by atoms with Crippen molar-refractivity contribution in [3.05, 3.63) is 22.4 Å². The lowest BCUT2D eigenvalue weighted by molar-refractivity contribution is -0.145. The fourth-order valence-corrected chi connectivity index (χ4v) is 3.30. The maximum atomic E-state index is 9.85. The van der Waals surface area contributed by atoms with E-state index in [9.17, 15) is 20.4 Å². The first-order valence-electron chi connectivity index (χ1n) is 6.55. The summed E-state index contributed by atoms with van der Waals surface area (Å²) in [6.07, 6.45) is -1.39. The molecule has 4 atom stereocenters. The first-order valence-corrected chi connectivity index (χ1v) is 7.43. The molecule has 1 aliphatic rings. The van der Waals surface area contributed by atoms with Gasteiger partial charge in [0.05, 0.1) is 18.8 Å². The Morgan fingerprint density at radius 1 is 1.26 bits per heavy atom. The summed E-state index contributed by atoms with van der Waals surface area (Å²) in [5.41, 5.74) is 0. The molecule has 0 radical (unpaired) electrons. The van der Waals surface area contributed by atoms with Crippen LogP contribution in [0.5, 0.6) is 0 Å². The minimum Gasteiger partial charge on any atom is -0.395 e. The quantitative estimate of drug-likeness (QED) is 0.583. The van der Waals surface area contributed by atoms with E-state index in [1.165, 1.54) is 4.88 Å². The highest BCUT2D eigenvalue weighted by Crippen LogP contribution is 2.20. The number of piperidine rings is 1. The van der Waals surface area contributed by atoms with Crippen molar-refractivity contribution >= 4 is 11.3 Å². The smallest absolute Gasteiger partial charge is 0.109 e. The van der Waals surface area contributed by atoms with Crippen LogP contribution in [0.25, 0.3) is 0 Å². The second kappa shape index (κ2) is 6.78. The number of likely N-dealkylation sites (tertiary alicyclic amines) is 1. The largest absolute Gasteiger partial charge is 0.395 e. The summed E-state index contributed by atoms with van der Waals surface area (Å²) in [6.45, 7) is 0.752. The molecule has 19 heavy (non-hydrogen) atoms. The van der Waals surface area contributed by atoms with Crippen molar-refractivity contribution in [1.82, 2.24) is 4.90 Å². The minimum atomic E-state index is -1.18. The third kappa shape index (κ3) is 3.53. The molecule has 0 bridgehead atoms. The molecule has 0 spiro atoms. The van der Waals surface area contributed by atoms with Crippen molar-refractivity contribution in [2.45, 2.75) is 37.2 Å². The molecule has 108 valence electrons. The molecule has 1 saturated heterocycles. The Bertz CT molecular complexity index is 373. The van der Waals surface area contributed by atoms with Gasteiger partial charge in [-0.05, 0) is 30.8 Å². The van der Waals surface area contributed by atoms with Crippen LogP contribution in [0, 0.1) is 0 Å². The molecular formula is C13H21NO4S. The lowest BCUT2D eigenvalue weighted by atomic mass is 9.94. The van der Waals surface area contributed by atoms with Crippen LogP contribution in [0.15, 0.2) is 17.5 Å². The first-order chi connectivity index (χ1) is 9.13.